The lowest BCUT2D eigenvalue weighted by Gasteiger charge is -2.03. The predicted molar refractivity (Wildman–Crippen MR) is 65.5 cm³/mol. The Morgan fingerprint density at radius 1 is 1.06 bits per heavy atom. The maximum absolute atomic E-state index is 2.31. The number of rotatable bonds is 1. The van der Waals surface area contributed by atoms with Crippen LogP contribution in [0.3, 0.4) is 0 Å². The summed E-state index contributed by atoms with van der Waals surface area (Å²) in [5.74, 6) is 0. The van der Waals surface area contributed by atoms with Crippen molar-refractivity contribution in [2.75, 3.05) is 0 Å². The van der Waals surface area contributed by atoms with Crippen LogP contribution >= 0.6 is 0 Å². The normalized spacial score (nSPS) is 11.7. The van der Waals surface area contributed by atoms with Crippen molar-refractivity contribution in [3.63, 3.8) is 0 Å². The van der Waals surface area contributed by atoms with Crippen molar-refractivity contribution in [3.8, 4) is 0 Å². The maximum atomic E-state index is 2.31. The van der Waals surface area contributed by atoms with E-state index in [1.165, 1.54) is 16.4 Å². The van der Waals surface area contributed by atoms with Crippen molar-refractivity contribution in [1.82, 2.24) is 4.40 Å². The molecule has 3 aromatic rings. The molecule has 0 saturated carbocycles. The first-order chi connectivity index (χ1) is 7.77. The summed E-state index contributed by atoms with van der Waals surface area (Å²) >= 11 is 0. The van der Waals surface area contributed by atoms with Crippen LogP contribution in [-0.2, 0) is 0 Å². The van der Waals surface area contributed by atoms with E-state index in [1.807, 2.05) is 0 Å². The molecule has 0 fully saturated rings. The zero-order valence-corrected chi connectivity index (χ0v) is 9.59. The molecule has 2 heteroatoms. The van der Waals surface area contributed by atoms with Gasteiger partial charge in [0.05, 0.1) is 17.6 Å². The molecule has 0 N–H and O–H groups in total. The van der Waals surface area contributed by atoms with Crippen molar-refractivity contribution in [2.24, 2.45) is 0 Å². The smallest absolute Gasteiger partial charge is 0.227 e. The molecule has 16 heavy (non-hydrogen) atoms. The Kier molecular flexibility index (Phi) is 1.96. The molecule has 2 heterocycles. The lowest BCUT2D eigenvalue weighted by Crippen LogP contribution is -2.34. The first-order valence-electron chi connectivity index (χ1n) is 5.67. The third-order valence-corrected chi connectivity index (χ3v) is 3.05. The predicted octanol–water partition coefficient (Wildman–Crippen LogP) is 2.96. The summed E-state index contributed by atoms with van der Waals surface area (Å²) < 4.78 is 4.49. The summed E-state index contributed by atoms with van der Waals surface area (Å²) in [4.78, 5) is 0. The van der Waals surface area contributed by atoms with Crippen LogP contribution in [0, 0.1) is 0 Å². The average Bonchev–Trinajstić information content (AvgIpc) is 2.73. The zero-order chi connectivity index (χ0) is 11.1. The van der Waals surface area contributed by atoms with Crippen LogP contribution < -0.4 is 4.57 Å². The molecular formula is C14H15N2+. The monoisotopic (exact) mass is 211 g/mol. The van der Waals surface area contributed by atoms with Gasteiger partial charge in [-0.1, -0.05) is 18.2 Å². The number of aromatic nitrogens is 2. The minimum atomic E-state index is 0.482. The summed E-state index contributed by atoms with van der Waals surface area (Å²) in [5, 5.41) is 2.60. The largest absolute Gasteiger partial charge is 0.294 e. The number of nitrogens with zero attached hydrogens (tertiary/aromatic N) is 2. The van der Waals surface area contributed by atoms with E-state index in [0.29, 0.717) is 6.04 Å². The van der Waals surface area contributed by atoms with Gasteiger partial charge in [0.15, 0.2) is 0 Å². The topological polar surface area (TPSA) is 8.29 Å². The Bertz CT molecular complexity index is 650. The molecule has 2 aromatic heterocycles. The van der Waals surface area contributed by atoms with Gasteiger partial charge in [-0.05, 0) is 31.4 Å². The van der Waals surface area contributed by atoms with Gasteiger partial charge >= 0.3 is 0 Å². The maximum Gasteiger partial charge on any atom is 0.294 e. The third kappa shape index (κ3) is 1.23. The average molecular weight is 211 g/mol. The van der Waals surface area contributed by atoms with E-state index in [4.69, 9.17) is 0 Å². The van der Waals surface area contributed by atoms with E-state index in [-0.39, 0.29) is 0 Å². The second-order valence-electron chi connectivity index (χ2n) is 4.43. The summed E-state index contributed by atoms with van der Waals surface area (Å²) in [5.41, 5.74) is 1.27. The molecule has 2 nitrogen and oxygen atoms in total. The number of fused-ring (bicyclic) bond motifs is 3. The lowest BCUT2D eigenvalue weighted by molar-refractivity contribution is -0.690. The number of benzene rings is 1. The second kappa shape index (κ2) is 3.34. The van der Waals surface area contributed by atoms with Gasteiger partial charge in [0.2, 0.25) is 0 Å². The van der Waals surface area contributed by atoms with Crippen LogP contribution in [0.1, 0.15) is 19.9 Å². The van der Waals surface area contributed by atoms with Crippen LogP contribution in [-0.4, -0.2) is 4.40 Å². The Labute approximate surface area is 94.8 Å². The van der Waals surface area contributed by atoms with Gasteiger partial charge in [-0.2, -0.15) is 0 Å². The van der Waals surface area contributed by atoms with E-state index in [9.17, 15) is 0 Å². The molecular weight excluding hydrogens is 196 g/mol. The third-order valence-electron chi connectivity index (χ3n) is 3.05. The molecule has 0 aliphatic rings. The van der Waals surface area contributed by atoms with Gasteiger partial charge < -0.3 is 0 Å². The molecule has 0 atom stereocenters. The number of hydrogen-bond acceptors (Lipinski definition) is 0. The highest BCUT2D eigenvalue weighted by Crippen LogP contribution is 2.18. The Morgan fingerprint density at radius 2 is 1.88 bits per heavy atom. The number of imidazole rings is 1. The minimum absolute atomic E-state index is 0.482. The zero-order valence-electron chi connectivity index (χ0n) is 9.59. The molecule has 0 aliphatic carbocycles. The summed E-state index contributed by atoms with van der Waals surface area (Å²) in [6.45, 7) is 4.42. The highest BCUT2D eigenvalue weighted by molar-refractivity contribution is 5.92. The van der Waals surface area contributed by atoms with Crippen LogP contribution in [0.15, 0.2) is 48.9 Å². The summed E-state index contributed by atoms with van der Waals surface area (Å²) in [7, 11) is 0. The van der Waals surface area contributed by atoms with E-state index in [0.717, 1.165) is 0 Å². The Hall–Kier alpha value is -1.83. The van der Waals surface area contributed by atoms with Gasteiger partial charge in [-0.15, -0.1) is 0 Å². The standard InChI is InChI=1S/C14H15N2/c1-11(2)16-10-9-15-8-7-12-5-3-4-6-13(12)14(15)16/h3-11H,1-2H3/q+1. The first kappa shape index (κ1) is 9.40. The van der Waals surface area contributed by atoms with Crippen LogP contribution in [0.2, 0.25) is 0 Å². The van der Waals surface area contributed by atoms with Gasteiger partial charge in [0.1, 0.15) is 12.4 Å². The van der Waals surface area contributed by atoms with Gasteiger partial charge in [-0.3, -0.25) is 0 Å². The number of hydrogen-bond donors (Lipinski definition) is 0. The number of pyridine rings is 1. The fraction of sp³-hybridized carbons (Fsp3) is 0.214. The van der Waals surface area contributed by atoms with Crippen molar-refractivity contribution in [1.29, 1.82) is 0 Å². The molecule has 3 rings (SSSR count). The summed E-state index contributed by atoms with van der Waals surface area (Å²) in [6.07, 6.45) is 6.38. The van der Waals surface area contributed by atoms with Crippen LogP contribution in [0.5, 0.6) is 0 Å². The molecule has 0 unspecified atom stereocenters. The van der Waals surface area contributed by atoms with E-state index >= 15 is 0 Å². The van der Waals surface area contributed by atoms with E-state index in [2.05, 4.69) is 71.7 Å². The summed E-state index contributed by atoms with van der Waals surface area (Å²) in [6, 6.07) is 11.2. The highest BCUT2D eigenvalue weighted by atomic mass is 15.1. The molecule has 0 amide bonds. The molecule has 0 aliphatic heterocycles. The van der Waals surface area contributed by atoms with Gasteiger partial charge in [0, 0.05) is 0 Å². The first-order valence-corrected chi connectivity index (χ1v) is 5.67. The van der Waals surface area contributed by atoms with Crippen molar-refractivity contribution < 1.29 is 4.57 Å². The van der Waals surface area contributed by atoms with Crippen LogP contribution in [0.4, 0.5) is 0 Å². The Morgan fingerprint density at radius 3 is 2.69 bits per heavy atom. The molecule has 0 radical (unpaired) electrons. The van der Waals surface area contributed by atoms with E-state index in [1.54, 1.807) is 0 Å². The van der Waals surface area contributed by atoms with Crippen molar-refractivity contribution >= 4 is 16.4 Å². The van der Waals surface area contributed by atoms with Crippen LogP contribution in [0.25, 0.3) is 16.4 Å². The van der Waals surface area contributed by atoms with Crippen molar-refractivity contribution in [2.45, 2.75) is 19.9 Å². The molecule has 1 aromatic carbocycles. The Balaban J connectivity index is 2.52. The molecule has 0 saturated heterocycles. The van der Waals surface area contributed by atoms with E-state index < -0.39 is 0 Å². The van der Waals surface area contributed by atoms with Gasteiger partial charge in [0.25, 0.3) is 5.65 Å². The molecule has 0 bridgehead atoms. The quantitative estimate of drug-likeness (QED) is 0.547. The second-order valence-corrected chi connectivity index (χ2v) is 4.43. The minimum Gasteiger partial charge on any atom is -0.227 e. The lowest BCUT2D eigenvalue weighted by atomic mass is 10.1. The highest BCUT2D eigenvalue weighted by Gasteiger charge is 2.15. The fourth-order valence-electron chi connectivity index (χ4n) is 2.24. The molecule has 0 spiro atoms. The molecule has 80 valence electrons. The fourth-order valence-corrected chi connectivity index (χ4v) is 2.24. The van der Waals surface area contributed by atoms with Gasteiger partial charge in [-0.25, -0.2) is 8.97 Å². The SMILES string of the molecule is CC(C)[n+]1ccn2ccc3ccccc3c21. The van der Waals surface area contributed by atoms with Crippen molar-refractivity contribution in [3.05, 3.63) is 48.9 Å².